The van der Waals surface area contributed by atoms with Crippen LogP contribution in [0.5, 0.6) is 0 Å². The predicted octanol–water partition coefficient (Wildman–Crippen LogP) is 2.83. The van der Waals surface area contributed by atoms with Crippen molar-refractivity contribution in [3.8, 4) is 0 Å². The van der Waals surface area contributed by atoms with Crippen LogP contribution in [0.25, 0.3) is 10.8 Å². The molecule has 110 valence electrons. The fourth-order valence-electron chi connectivity index (χ4n) is 2.73. The molecule has 4 nitrogen and oxygen atoms in total. The van der Waals surface area contributed by atoms with E-state index in [2.05, 4.69) is 17.2 Å². The highest BCUT2D eigenvalue weighted by Gasteiger charge is 2.30. The summed E-state index contributed by atoms with van der Waals surface area (Å²) in [4.78, 5) is 16.6. The molecule has 0 aliphatic carbocycles. The van der Waals surface area contributed by atoms with Crippen LogP contribution in [0.1, 0.15) is 30.1 Å². The molecule has 3 N–H and O–H groups in total. The van der Waals surface area contributed by atoms with Gasteiger partial charge in [0.15, 0.2) is 0 Å². The quantitative estimate of drug-likeness (QED) is 0.914. The van der Waals surface area contributed by atoms with Crippen LogP contribution in [0.2, 0.25) is 0 Å². The van der Waals surface area contributed by atoms with Gasteiger partial charge < -0.3 is 11.1 Å². The summed E-state index contributed by atoms with van der Waals surface area (Å²) in [6.07, 6.45) is 3.94. The minimum absolute atomic E-state index is 0.0765. The molecule has 2 aromatic rings. The van der Waals surface area contributed by atoms with Crippen molar-refractivity contribution in [3.05, 3.63) is 36.0 Å². The summed E-state index contributed by atoms with van der Waals surface area (Å²) >= 11 is 1.94. The Kier molecular flexibility index (Phi) is 3.76. The lowest BCUT2D eigenvalue weighted by Gasteiger charge is -2.23. The molecule has 2 heterocycles. The zero-order valence-electron chi connectivity index (χ0n) is 12.1. The van der Waals surface area contributed by atoms with Crippen molar-refractivity contribution in [2.45, 2.75) is 24.5 Å². The Bertz CT molecular complexity index is 680. The molecular weight excluding hydrogens is 282 g/mol. The summed E-state index contributed by atoms with van der Waals surface area (Å²) < 4.78 is 0.159. The van der Waals surface area contributed by atoms with Crippen LogP contribution < -0.4 is 11.1 Å². The van der Waals surface area contributed by atoms with Gasteiger partial charge in [0.1, 0.15) is 5.82 Å². The highest BCUT2D eigenvalue weighted by molar-refractivity contribution is 8.00. The molecular formula is C16H19N3OS. The number of thioether (sulfide) groups is 1. The Morgan fingerprint density at radius 2 is 2.19 bits per heavy atom. The largest absolute Gasteiger partial charge is 0.383 e. The first-order valence-electron chi connectivity index (χ1n) is 7.14. The van der Waals surface area contributed by atoms with E-state index in [0.29, 0.717) is 17.9 Å². The van der Waals surface area contributed by atoms with Crippen molar-refractivity contribution in [3.63, 3.8) is 0 Å². The van der Waals surface area contributed by atoms with Crippen molar-refractivity contribution >= 4 is 34.3 Å². The molecule has 0 radical (unpaired) electrons. The molecule has 1 unspecified atom stereocenters. The van der Waals surface area contributed by atoms with E-state index in [1.165, 1.54) is 12.2 Å². The Hall–Kier alpha value is -1.75. The lowest BCUT2D eigenvalue weighted by Crippen LogP contribution is -2.36. The monoisotopic (exact) mass is 301 g/mol. The summed E-state index contributed by atoms with van der Waals surface area (Å²) in [6, 6.07) is 7.61. The molecule has 1 amide bonds. The van der Waals surface area contributed by atoms with Crippen molar-refractivity contribution < 1.29 is 4.79 Å². The lowest BCUT2D eigenvalue weighted by molar-refractivity contribution is 0.0951. The number of hydrogen-bond acceptors (Lipinski definition) is 4. The number of nitrogens with two attached hydrogens (primary N) is 1. The molecule has 1 aromatic heterocycles. The molecule has 1 aromatic carbocycles. The van der Waals surface area contributed by atoms with Gasteiger partial charge in [-0.25, -0.2) is 4.98 Å². The van der Waals surface area contributed by atoms with Crippen LogP contribution in [-0.4, -0.2) is 27.9 Å². The number of aromatic nitrogens is 1. The third-order valence-corrected chi connectivity index (χ3v) is 5.53. The number of hydrogen-bond donors (Lipinski definition) is 2. The Morgan fingerprint density at radius 1 is 1.43 bits per heavy atom. The fourth-order valence-corrected chi connectivity index (χ4v) is 3.98. The number of carbonyl (C=O) groups excluding carboxylic acids is 1. The van der Waals surface area contributed by atoms with E-state index in [1.54, 1.807) is 6.20 Å². The van der Waals surface area contributed by atoms with Crippen molar-refractivity contribution in [1.29, 1.82) is 0 Å². The van der Waals surface area contributed by atoms with Gasteiger partial charge in [-0.2, -0.15) is 11.8 Å². The smallest absolute Gasteiger partial charge is 0.253 e. The Balaban J connectivity index is 1.83. The molecule has 1 atom stereocenters. The molecule has 0 spiro atoms. The van der Waals surface area contributed by atoms with Gasteiger partial charge in [0.2, 0.25) is 0 Å². The van der Waals surface area contributed by atoms with Gasteiger partial charge in [-0.15, -0.1) is 0 Å². The number of benzene rings is 1. The van der Waals surface area contributed by atoms with E-state index in [4.69, 9.17) is 5.73 Å². The molecule has 5 heteroatoms. The minimum Gasteiger partial charge on any atom is -0.383 e. The van der Waals surface area contributed by atoms with Crippen molar-refractivity contribution in [2.75, 3.05) is 18.0 Å². The lowest BCUT2D eigenvalue weighted by atomic mass is 10.0. The topological polar surface area (TPSA) is 68.0 Å². The first kappa shape index (κ1) is 14.2. The Labute approximate surface area is 128 Å². The molecule has 1 fully saturated rings. The highest BCUT2D eigenvalue weighted by atomic mass is 32.2. The summed E-state index contributed by atoms with van der Waals surface area (Å²) in [5, 5.41) is 4.73. The molecule has 1 aliphatic rings. The summed E-state index contributed by atoms with van der Waals surface area (Å²) in [7, 11) is 0. The second kappa shape index (κ2) is 5.56. The number of nitrogen functional groups attached to an aromatic ring is 1. The number of nitrogens with one attached hydrogen (secondary N) is 1. The van der Waals surface area contributed by atoms with Crippen LogP contribution in [0.4, 0.5) is 5.82 Å². The summed E-state index contributed by atoms with van der Waals surface area (Å²) in [5.74, 6) is 1.56. The van der Waals surface area contributed by atoms with Crippen molar-refractivity contribution in [1.82, 2.24) is 10.3 Å². The van der Waals surface area contributed by atoms with Crippen LogP contribution in [-0.2, 0) is 0 Å². The third kappa shape index (κ3) is 2.83. The van der Waals surface area contributed by atoms with E-state index in [0.717, 1.165) is 17.2 Å². The number of nitrogens with zero attached hydrogens (tertiary/aromatic N) is 1. The average Bonchev–Trinajstić information content (AvgIpc) is 2.93. The number of amides is 1. The van der Waals surface area contributed by atoms with Crippen molar-refractivity contribution in [2.24, 2.45) is 0 Å². The first-order valence-corrected chi connectivity index (χ1v) is 8.13. The van der Waals surface area contributed by atoms with E-state index in [-0.39, 0.29) is 10.7 Å². The standard InChI is InChI=1S/C16H19N3OS/c1-16(7-4-8-21-16)10-19-15(20)13-9-18-14(17)12-6-3-2-5-11(12)13/h2-3,5-6,9H,4,7-8,10H2,1H3,(H2,17,18)(H,19,20). The zero-order valence-corrected chi connectivity index (χ0v) is 12.9. The molecule has 0 bridgehead atoms. The fraction of sp³-hybridized carbons (Fsp3) is 0.375. The van der Waals surface area contributed by atoms with E-state index >= 15 is 0 Å². The number of fused-ring (bicyclic) bond motifs is 1. The zero-order chi connectivity index (χ0) is 14.9. The van der Waals surface area contributed by atoms with Crippen LogP contribution in [0.15, 0.2) is 30.5 Å². The normalized spacial score (nSPS) is 21.6. The maximum absolute atomic E-state index is 12.5. The second-order valence-corrected chi connectivity index (χ2v) is 7.37. The average molecular weight is 301 g/mol. The van der Waals surface area contributed by atoms with Gasteiger partial charge in [0, 0.05) is 22.9 Å². The molecule has 3 rings (SSSR count). The molecule has 0 saturated carbocycles. The minimum atomic E-state index is -0.0765. The maximum atomic E-state index is 12.5. The van der Waals surface area contributed by atoms with Gasteiger partial charge in [-0.3, -0.25) is 4.79 Å². The number of pyridine rings is 1. The second-order valence-electron chi connectivity index (χ2n) is 5.69. The number of rotatable bonds is 3. The SMILES string of the molecule is CC1(CNC(=O)c2cnc(N)c3ccccc23)CCCS1. The van der Waals surface area contributed by atoms with Crippen LogP contribution in [0.3, 0.4) is 0 Å². The highest BCUT2D eigenvalue weighted by Crippen LogP contribution is 2.37. The van der Waals surface area contributed by atoms with Gasteiger partial charge in [-0.1, -0.05) is 24.3 Å². The molecule has 1 saturated heterocycles. The van der Waals surface area contributed by atoms with Gasteiger partial charge in [0.05, 0.1) is 5.56 Å². The van der Waals surface area contributed by atoms with Crippen LogP contribution in [0, 0.1) is 0 Å². The summed E-state index contributed by atoms with van der Waals surface area (Å²) in [6.45, 7) is 2.90. The van der Waals surface area contributed by atoms with E-state index in [1.807, 2.05) is 36.0 Å². The number of carbonyl (C=O) groups is 1. The predicted molar refractivity (Wildman–Crippen MR) is 88.6 cm³/mol. The molecule has 21 heavy (non-hydrogen) atoms. The van der Waals surface area contributed by atoms with Gasteiger partial charge in [-0.05, 0) is 30.9 Å². The first-order chi connectivity index (χ1) is 10.1. The number of anilines is 1. The maximum Gasteiger partial charge on any atom is 0.253 e. The Morgan fingerprint density at radius 3 is 2.90 bits per heavy atom. The van der Waals surface area contributed by atoms with Crippen LogP contribution >= 0.6 is 11.8 Å². The van der Waals surface area contributed by atoms with E-state index < -0.39 is 0 Å². The van der Waals surface area contributed by atoms with Gasteiger partial charge in [0.25, 0.3) is 5.91 Å². The van der Waals surface area contributed by atoms with Gasteiger partial charge >= 0.3 is 0 Å². The molecule has 1 aliphatic heterocycles. The third-order valence-electron chi connectivity index (χ3n) is 3.99. The van der Waals surface area contributed by atoms with E-state index in [9.17, 15) is 4.79 Å². The summed E-state index contributed by atoms with van der Waals surface area (Å²) in [5.41, 5.74) is 6.46.